The zero-order valence-electron chi connectivity index (χ0n) is 5.21. The van der Waals surface area contributed by atoms with Crippen molar-refractivity contribution < 1.29 is 0 Å². The Labute approximate surface area is 66.9 Å². The van der Waals surface area contributed by atoms with Crippen LogP contribution in [0.15, 0.2) is 21.0 Å². The lowest BCUT2D eigenvalue weighted by molar-refractivity contribution is 0.469. The van der Waals surface area contributed by atoms with Gasteiger partial charge >= 0.3 is 0 Å². The summed E-state index contributed by atoms with van der Waals surface area (Å²) in [6.45, 7) is 0.747. The molecule has 5 nitrogen and oxygen atoms in total. The van der Waals surface area contributed by atoms with Crippen molar-refractivity contribution in [1.82, 2.24) is 10.6 Å². The molecule has 0 aromatic carbocycles. The van der Waals surface area contributed by atoms with Crippen LogP contribution in [0.1, 0.15) is 0 Å². The van der Waals surface area contributed by atoms with Crippen molar-refractivity contribution in [1.29, 1.82) is 0 Å². The third-order valence-corrected chi connectivity index (χ3v) is 1.55. The molecule has 1 aliphatic heterocycles. The lowest BCUT2D eigenvalue weighted by atomic mass is 10.5. The van der Waals surface area contributed by atoms with Crippen LogP contribution in [0.4, 0.5) is 0 Å². The van der Waals surface area contributed by atoms with E-state index in [2.05, 4.69) is 36.9 Å². The predicted octanol–water partition coefficient (Wildman–Crippen LogP) is 0.0250. The highest BCUT2D eigenvalue weighted by atomic mass is 79.9. The van der Waals surface area contributed by atoms with Crippen LogP contribution in [-0.2, 0) is 0 Å². The van der Waals surface area contributed by atoms with Gasteiger partial charge in [0.05, 0.1) is 0 Å². The predicted molar refractivity (Wildman–Crippen MR) is 41.0 cm³/mol. The Balaban J connectivity index is 2.42. The highest BCUT2D eigenvalue weighted by Gasteiger charge is 2.08. The van der Waals surface area contributed by atoms with Gasteiger partial charge in [0.2, 0.25) is 0 Å². The van der Waals surface area contributed by atoms with E-state index in [9.17, 15) is 0 Å². The molecule has 1 atom stereocenters. The Morgan fingerprint density at radius 3 is 3.10 bits per heavy atom. The molecule has 1 heterocycles. The molecule has 1 unspecified atom stereocenters. The Hall–Kier alpha value is -0.620. The monoisotopic (exact) mass is 205 g/mol. The zero-order valence-corrected chi connectivity index (χ0v) is 6.80. The van der Waals surface area contributed by atoms with Gasteiger partial charge in [-0.25, -0.2) is 0 Å². The molecule has 56 valence electrons. The summed E-state index contributed by atoms with van der Waals surface area (Å²) < 4.78 is 1.05. The average molecular weight is 206 g/mol. The van der Waals surface area contributed by atoms with Crippen molar-refractivity contribution in [2.45, 2.75) is 6.29 Å². The Kier molecular flexibility index (Phi) is 2.64. The molecule has 0 aliphatic carbocycles. The fourth-order valence-corrected chi connectivity index (χ4v) is 0.908. The first-order valence-corrected chi connectivity index (χ1v) is 3.56. The third-order valence-electron chi connectivity index (χ3n) is 1.04. The first-order chi connectivity index (χ1) is 4.83. The number of nitrogens with two attached hydrogens (primary N) is 1. The van der Waals surface area contributed by atoms with Crippen molar-refractivity contribution in [3.8, 4) is 0 Å². The van der Waals surface area contributed by atoms with Crippen LogP contribution in [0.5, 0.6) is 0 Å². The molecule has 0 fully saturated rings. The summed E-state index contributed by atoms with van der Waals surface area (Å²) in [7, 11) is 0. The number of rotatable bonds is 1. The first kappa shape index (κ1) is 7.49. The maximum Gasteiger partial charge on any atom is 0.195 e. The molecule has 0 bridgehead atoms. The molecular formula is C4H8BrN5. The number of nitrogens with zero attached hydrogens (tertiary/aromatic N) is 2. The summed E-state index contributed by atoms with van der Waals surface area (Å²) in [5.74, 6) is 4.84. The minimum Gasteiger partial charge on any atom is -0.356 e. The van der Waals surface area contributed by atoms with E-state index in [0.29, 0.717) is 0 Å². The van der Waals surface area contributed by atoms with Gasteiger partial charge in [-0.2, -0.15) is 0 Å². The molecule has 4 N–H and O–H groups in total. The van der Waals surface area contributed by atoms with E-state index in [1.165, 1.54) is 0 Å². The summed E-state index contributed by atoms with van der Waals surface area (Å²) in [4.78, 5) is 0. The topological polar surface area (TPSA) is 74.8 Å². The van der Waals surface area contributed by atoms with Gasteiger partial charge in [-0.3, -0.25) is 5.32 Å². The van der Waals surface area contributed by atoms with Gasteiger partial charge in [0.25, 0.3) is 0 Å². The average Bonchev–Trinajstić information content (AvgIpc) is 1.95. The summed E-state index contributed by atoms with van der Waals surface area (Å²) in [6, 6.07) is 0. The Morgan fingerprint density at radius 2 is 2.60 bits per heavy atom. The van der Waals surface area contributed by atoms with Gasteiger partial charge in [-0.05, 0) is 0 Å². The molecule has 0 aromatic heterocycles. The summed E-state index contributed by atoms with van der Waals surface area (Å²) >= 11 is 3.30. The van der Waals surface area contributed by atoms with E-state index in [1.54, 1.807) is 0 Å². The van der Waals surface area contributed by atoms with Gasteiger partial charge in [0.1, 0.15) is 0 Å². The minimum absolute atomic E-state index is 0.189. The molecule has 1 rings (SSSR count). The van der Waals surface area contributed by atoms with E-state index in [1.807, 2.05) is 6.20 Å². The summed E-state index contributed by atoms with van der Waals surface area (Å²) in [6.07, 6.45) is 1.63. The SMILES string of the molecule is NN=NC1NC=C(Br)CN1. The second-order valence-electron chi connectivity index (χ2n) is 1.77. The molecule has 0 radical (unpaired) electrons. The first-order valence-electron chi connectivity index (χ1n) is 2.77. The van der Waals surface area contributed by atoms with Crippen molar-refractivity contribution in [2.24, 2.45) is 16.2 Å². The lowest BCUT2D eigenvalue weighted by Gasteiger charge is -2.17. The summed E-state index contributed by atoms with van der Waals surface area (Å²) in [5.41, 5.74) is 0. The Morgan fingerprint density at radius 1 is 1.80 bits per heavy atom. The maximum absolute atomic E-state index is 4.84. The van der Waals surface area contributed by atoms with Crippen LogP contribution in [0, 0.1) is 0 Å². The van der Waals surface area contributed by atoms with Crippen molar-refractivity contribution in [3.05, 3.63) is 10.7 Å². The van der Waals surface area contributed by atoms with Crippen molar-refractivity contribution >= 4 is 15.9 Å². The molecule has 0 amide bonds. The van der Waals surface area contributed by atoms with E-state index in [4.69, 9.17) is 5.84 Å². The maximum atomic E-state index is 4.84. The normalized spacial score (nSPS) is 26.1. The summed E-state index contributed by atoms with van der Waals surface area (Å²) in [5, 5.41) is 12.7. The van der Waals surface area contributed by atoms with Crippen LogP contribution in [-0.4, -0.2) is 12.8 Å². The van der Waals surface area contributed by atoms with E-state index >= 15 is 0 Å². The second kappa shape index (κ2) is 3.52. The molecule has 1 aliphatic rings. The fourth-order valence-electron chi connectivity index (χ4n) is 0.614. The van der Waals surface area contributed by atoms with Gasteiger partial charge in [-0.15, -0.1) is 5.11 Å². The second-order valence-corrected chi connectivity index (χ2v) is 2.79. The zero-order chi connectivity index (χ0) is 7.40. The van der Waals surface area contributed by atoms with E-state index < -0.39 is 0 Å². The number of hydrogen-bond donors (Lipinski definition) is 3. The molecular weight excluding hydrogens is 198 g/mol. The van der Waals surface area contributed by atoms with Crippen LogP contribution >= 0.6 is 15.9 Å². The van der Waals surface area contributed by atoms with Crippen molar-refractivity contribution in [2.75, 3.05) is 6.54 Å². The minimum atomic E-state index is -0.189. The third kappa shape index (κ3) is 1.96. The fraction of sp³-hybridized carbons (Fsp3) is 0.500. The van der Waals surface area contributed by atoms with Crippen LogP contribution in [0.3, 0.4) is 0 Å². The van der Waals surface area contributed by atoms with E-state index in [-0.39, 0.29) is 6.29 Å². The quantitative estimate of drug-likeness (QED) is 0.321. The smallest absolute Gasteiger partial charge is 0.195 e. The number of nitrogens with one attached hydrogen (secondary N) is 2. The largest absolute Gasteiger partial charge is 0.356 e. The van der Waals surface area contributed by atoms with Crippen LogP contribution in [0.2, 0.25) is 0 Å². The number of hydrogen-bond acceptors (Lipinski definition) is 4. The standard InChI is InChI=1S/C4H8BrN5/c5-3-1-7-4(8-2-3)9-10-6/h1,4,7-8H,2H2,(H2,6,9). The van der Waals surface area contributed by atoms with Crippen molar-refractivity contribution in [3.63, 3.8) is 0 Å². The van der Waals surface area contributed by atoms with Crippen LogP contribution in [0.25, 0.3) is 0 Å². The molecule has 0 saturated heterocycles. The molecule has 0 aromatic rings. The van der Waals surface area contributed by atoms with Gasteiger partial charge in [0.15, 0.2) is 6.29 Å². The van der Waals surface area contributed by atoms with E-state index in [0.717, 1.165) is 11.0 Å². The van der Waals surface area contributed by atoms with Gasteiger partial charge in [-0.1, -0.05) is 21.2 Å². The molecule has 0 spiro atoms. The highest BCUT2D eigenvalue weighted by molar-refractivity contribution is 9.11. The van der Waals surface area contributed by atoms with Gasteiger partial charge in [0, 0.05) is 17.2 Å². The molecule has 0 saturated carbocycles. The number of halogens is 1. The molecule has 6 heteroatoms. The highest BCUT2D eigenvalue weighted by Crippen LogP contribution is 2.04. The molecule has 10 heavy (non-hydrogen) atoms. The van der Waals surface area contributed by atoms with Crippen LogP contribution < -0.4 is 16.5 Å². The Bertz CT molecular complexity index is 165. The van der Waals surface area contributed by atoms with Gasteiger partial charge < -0.3 is 11.2 Å². The lowest BCUT2D eigenvalue weighted by Crippen LogP contribution is -2.42.